The van der Waals surface area contributed by atoms with Crippen molar-refractivity contribution in [3.8, 4) is 23.3 Å². The van der Waals surface area contributed by atoms with Crippen molar-refractivity contribution >= 4 is 25.6 Å². The summed E-state index contributed by atoms with van der Waals surface area (Å²) in [5.41, 5.74) is 6.07. The number of carbonyl (C=O) groups is 1. The summed E-state index contributed by atoms with van der Waals surface area (Å²) in [6.45, 7) is 15.9. The number of carbonyl (C=O) groups excluding carboxylic acids is 1. The van der Waals surface area contributed by atoms with Gasteiger partial charge in [0.25, 0.3) is 5.91 Å². The molecule has 1 aliphatic carbocycles. The summed E-state index contributed by atoms with van der Waals surface area (Å²) in [5, 5.41) is 9.51. The van der Waals surface area contributed by atoms with Crippen molar-refractivity contribution in [1.82, 2.24) is 4.90 Å². The zero-order valence-electron chi connectivity index (χ0n) is 20.9. The fourth-order valence-corrected chi connectivity index (χ4v) is 6.63. The van der Waals surface area contributed by atoms with Gasteiger partial charge in [-0.05, 0) is 35.9 Å². The molecule has 1 heterocycles. The molecule has 0 saturated heterocycles. The van der Waals surface area contributed by atoms with Crippen LogP contribution in [0.1, 0.15) is 54.7 Å². The minimum Gasteiger partial charge on any atom is -0.489 e. The number of rotatable bonds is 3. The van der Waals surface area contributed by atoms with Crippen LogP contribution in [0.15, 0.2) is 36.4 Å². The van der Waals surface area contributed by atoms with Crippen molar-refractivity contribution in [2.75, 3.05) is 0 Å². The van der Waals surface area contributed by atoms with Crippen LogP contribution in [-0.4, -0.2) is 31.0 Å². The molecule has 4 rings (SSSR count). The van der Waals surface area contributed by atoms with E-state index >= 15 is 0 Å². The Balaban J connectivity index is 1.57. The van der Waals surface area contributed by atoms with Crippen LogP contribution < -0.4 is 4.74 Å². The van der Waals surface area contributed by atoms with Gasteiger partial charge in [-0.3, -0.25) is 4.79 Å². The van der Waals surface area contributed by atoms with E-state index < -0.39 is 8.07 Å². The average Bonchev–Trinajstić information content (AvgIpc) is 3.04. The summed E-state index contributed by atoms with van der Waals surface area (Å²) >= 11 is 6.22. The van der Waals surface area contributed by atoms with Gasteiger partial charge < -0.3 is 9.64 Å². The van der Waals surface area contributed by atoms with Crippen LogP contribution >= 0.6 is 11.6 Å². The van der Waals surface area contributed by atoms with Gasteiger partial charge in [-0.2, -0.15) is 5.26 Å². The maximum absolute atomic E-state index is 13.4. The smallest absolute Gasteiger partial charge is 0.254 e. The first-order chi connectivity index (χ1) is 15.8. The van der Waals surface area contributed by atoms with E-state index in [0.29, 0.717) is 22.9 Å². The number of ether oxygens (including phenoxy) is 1. The number of hydrogen-bond acceptors (Lipinski definition) is 3. The Morgan fingerprint density at radius 2 is 1.76 bits per heavy atom. The normalized spacial score (nSPS) is 22.2. The number of nitrogens with zero attached hydrogens (tertiary/aromatic N) is 2. The fraction of sp³-hybridized carbons (Fsp3) is 0.429. The third-order valence-electron chi connectivity index (χ3n) is 6.91. The van der Waals surface area contributed by atoms with E-state index in [1.54, 1.807) is 18.2 Å². The summed E-state index contributed by atoms with van der Waals surface area (Å²) in [5.74, 6) is 4.02. The number of nitriles is 1. The molecule has 0 aromatic heterocycles. The fourth-order valence-electron chi connectivity index (χ4n) is 5.90. The molecular weight excluding hydrogens is 460 g/mol. The number of halogens is 1. The number of amides is 1. The van der Waals surface area contributed by atoms with Gasteiger partial charge in [0.2, 0.25) is 0 Å². The maximum atomic E-state index is 13.4. The van der Waals surface area contributed by atoms with Crippen LogP contribution in [0.5, 0.6) is 5.75 Å². The summed E-state index contributed by atoms with van der Waals surface area (Å²) < 4.78 is 6.40. The van der Waals surface area contributed by atoms with Crippen LogP contribution in [0.2, 0.25) is 24.7 Å². The van der Waals surface area contributed by atoms with Crippen LogP contribution in [-0.2, 0) is 6.54 Å². The molecule has 0 bridgehead atoms. The first kappa shape index (κ1) is 24.4. The predicted octanol–water partition coefficient (Wildman–Crippen LogP) is 6.28. The highest BCUT2D eigenvalue weighted by atomic mass is 35.5. The van der Waals surface area contributed by atoms with Gasteiger partial charge in [0.15, 0.2) is 0 Å². The van der Waals surface area contributed by atoms with Gasteiger partial charge in [-0.1, -0.05) is 64.9 Å². The zero-order chi connectivity index (χ0) is 25.1. The van der Waals surface area contributed by atoms with Crippen molar-refractivity contribution in [1.29, 1.82) is 5.26 Å². The Kier molecular flexibility index (Phi) is 5.87. The first-order valence-electron chi connectivity index (χ1n) is 11.6. The molecule has 0 atom stereocenters. The van der Waals surface area contributed by atoms with Gasteiger partial charge >= 0.3 is 0 Å². The Morgan fingerprint density at radius 1 is 1.09 bits per heavy atom. The predicted molar refractivity (Wildman–Crippen MR) is 138 cm³/mol. The molecule has 0 N–H and O–H groups in total. The molecule has 0 unspecified atom stereocenters. The molecule has 2 aromatic rings. The molecule has 2 aromatic carbocycles. The monoisotopic (exact) mass is 490 g/mol. The minimum absolute atomic E-state index is 0.00951. The Bertz CT molecular complexity index is 1260. The topological polar surface area (TPSA) is 53.3 Å². The Labute approximate surface area is 208 Å². The van der Waals surface area contributed by atoms with E-state index in [1.807, 2.05) is 17.0 Å². The Hall–Kier alpha value is -2.73. The molecule has 2 aliphatic rings. The summed E-state index contributed by atoms with van der Waals surface area (Å²) in [4.78, 5) is 15.4. The molecule has 1 fully saturated rings. The molecule has 34 heavy (non-hydrogen) atoms. The third kappa shape index (κ3) is 4.13. The van der Waals surface area contributed by atoms with Crippen LogP contribution in [0.4, 0.5) is 0 Å². The minimum atomic E-state index is -1.47. The lowest BCUT2D eigenvalue weighted by molar-refractivity contribution is -0.199. The quantitative estimate of drug-likeness (QED) is 0.376. The standard InChI is InChI=1S/C28H31ClN2O2Si/c1-27(2)25(28(3,4)26(27)33-21-10-9-19(16-30)23(29)15-21)31-17-20-14-18(12-13-34(5,6)7)8-11-22(20)24(31)32/h8-11,14-15,25-26H,17H2,1-7H3/t25-,26-. The van der Waals surface area contributed by atoms with E-state index in [0.717, 1.165) is 16.7 Å². The second kappa shape index (κ2) is 8.19. The third-order valence-corrected chi connectivity index (χ3v) is 8.09. The molecule has 6 heteroatoms. The lowest BCUT2D eigenvalue weighted by Crippen LogP contribution is -2.74. The lowest BCUT2D eigenvalue weighted by Gasteiger charge is -2.65. The van der Waals surface area contributed by atoms with Gasteiger partial charge in [-0.25, -0.2) is 0 Å². The van der Waals surface area contributed by atoms with Crippen LogP contribution in [0, 0.1) is 33.6 Å². The average molecular weight is 491 g/mol. The highest BCUT2D eigenvalue weighted by molar-refractivity contribution is 6.83. The largest absolute Gasteiger partial charge is 0.489 e. The molecule has 0 radical (unpaired) electrons. The van der Waals surface area contributed by atoms with Gasteiger partial charge in [0.05, 0.1) is 10.6 Å². The highest BCUT2D eigenvalue weighted by Crippen LogP contribution is 2.59. The van der Waals surface area contributed by atoms with Gasteiger partial charge in [0.1, 0.15) is 26.0 Å². The summed E-state index contributed by atoms with van der Waals surface area (Å²) in [7, 11) is -1.47. The first-order valence-corrected chi connectivity index (χ1v) is 15.5. The maximum Gasteiger partial charge on any atom is 0.254 e. The number of benzene rings is 2. The number of fused-ring (bicyclic) bond motifs is 1. The lowest BCUT2D eigenvalue weighted by atomic mass is 9.49. The van der Waals surface area contributed by atoms with Gasteiger partial charge in [0, 0.05) is 40.6 Å². The molecule has 0 spiro atoms. The van der Waals surface area contributed by atoms with Gasteiger partial charge in [-0.15, -0.1) is 5.54 Å². The second-order valence-electron chi connectivity index (χ2n) is 11.6. The van der Waals surface area contributed by atoms with Crippen molar-refractivity contribution in [2.45, 2.75) is 66.0 Å². The van der Waals surface area contributed by atoms with E-state index in [2.05, 4.69) is 70.9 Å². The molecule has 4 nitrogen and oxygen atoms in total. The van der Waals surface area contributed by atoms with E-state index in [1.165, 1.54) is 0 Å². The van der Waals surface area contributed by atoms with Crippen LogP contribution in [0.25, 0.3) is 0 Å². The zero-order valence-corrected chi connectivity index (χ0v) is 22.7. The molecular formula is C28H31ClN2O2Si. The summed E-state index contributed by atoms with van der Waals surface area (Å²) in [6.07, 6.45) is -0.122. The van der Waals surface area contributed by atoms with Crippen molar-refractivity contribution in [3.05, 3.63) is 63.7 Å². The van der Waals surface area contributed by atoms with E-state index in [-0.39, 0.29) is 28.9 Å². The van der Waals surface area contributed by atoms with Crippen LogP contribution in [0.3, 0.4) is 0 Å². The van der Waals surface area contributed by atoms with E-state index in [9.17, 15) is 4.79 Å². The van der Waals surface area contributed by atoms with Crippen molar-refractivity contribution in [3.63, 3.8) is 0 Å². The highest BCUT2D eigenvalue weighted by Gasteiger charge is 2.66. The number of hydrogen-bond donors (Lipinski definition) is 0. The van der Waals surface area contributed by atoms with Crippen molar-refractivity contribution < 1.29 is 9.53 Å². The molecule has 1 saturated carbocycles. The van der Waals surface area contributed by atoms with E-state index in [4.69, 9.17) is 21.6 Å². The van der Waals surface area contributed by atoms with Crippen molar-refractivity contribution in [2.24, 2.45) is 10.8 Å². The summed E-state index contributed by atoms with van der Waals surface area (Å²) in [6, 6.07) is 13.2. The SMILES string of the molecule is CC1(C)[C@H](Oc2ccc(C#N)c(Cl)c2)C(C)(C)[C@H]1N1Cc2cc(C#C[Si](C)(C)C)ccc2C1=O. The second-order valence-corrected chi connectivity index (χ2v) is 16.8. The molecule has 176 valence electrons. The Morgan fingerprint density at radius 3 is 2.35 bits per heavy atom. The molecule has 1 aliphatic heterocycles. The molecule has 1 amide bonds.